The first-order valence-corrected chi connectivity index (χ1v) is 7.90. The van der Waals surface area contributed by atoms with Gasteiger partial charge in [-0.15, -0.1) is 11.8 Å². The fraction of sp³-hybridized carbons (Fsp3) is 0.882. The first-order chi connectivity index (χ1) is 9.10. The topological polar surface area (TPSA) is 24.1 Å². The fourth-order valence-corrected chi connectivity index (χ4v) is 2.73. The summed E-state index contributed by atoms with van der Waals surface area (Å²) in [6.07, 6.45) is 6.92. The third-order valence-electron chi connectivity index (χ3n) is 3.54. The number of rotatable bonds is 0. The molecule has 0 aromatic carbocycles. The zero-order valence-corrected chi connectivity index (χ0v) is 13.7. The molecule has 2 heterocycles. The van der Waals surface area contributed by atoms with E-state index in [2.05, 4.69) is 43.2 Å². The summed E-state index contributed by atoms with van der Waals surface area (Å²) in [6, 6.07) is 1.48. The van der Waals surface area contributed by atoms with E-state index in [4.69, 9.17) is 0 Å². The summed E-state index contributed by atoms with van der Waals surface area (Å²) in [5.41, 5.74) is 0. The molecule has 0 amide bonds. The molecule has 2 unspecified atom stereocenters. The minimum absolute atomic E-state index is 0.740. The van der Waals surface area contributed by atoms with Gasteiger partial charge in [0.1, 0.15) is 0 Å². The minimum Gasteiger partial charge on any atom is -0.317 e. The summed E-state index contributed by atoms with van der Waals surface area (Å²) in [5, 5.41) is 6.79. The van der Waals surface area contributed by atoms with E-state index in [1.54, 1.807) is 0 Å². The van der Waals surface area contributed by atoms with Crippen LogP contribution in [0.4, 0.5) is 0 Å². The summed E-state index contributed by atoms with van der Waals surface area (Å²) < 4.78 is 0. The number of piperidine rings is 2. The summed E-state index contributed by atoms with van der Waals surface area (Å²) in [4.78, 5) is 0. The molecule has 2 N–H and O–H groups in total. The highest BCUT2D eigenvalue weighted by atomic mass is 14.9. The maximum Gasteiger partial charge on any atom is 0.00437 e. The molecular weight excluding hydrogens is 232 g/mol. The summed E-state index contributed by atoms with van der Waals surface area (Å²) in [5.74, 6) is 6.29. The van der Waals surface area contributed by atoms with Crippen molar-refractivity contribution >= 4 is 0 Å². The molecule has 0 saturated carbocycles. The largest absolute Gasteiger partial charge is 0.317 e. The van der Waals surface area contributed by atoms with Gasteiger partial charge in [-0.2, -0.15) is 0 Å². The molecule has 2 rings (SSSR count). The van der Waals surface area contributed by atoms with Crippen molar-refractivity contribution in [3.63, 3.8) is 0 Å². The molecule has 2 aliphatic heterocycles. The first-order valence-electron chi connectivity index (χ1n) is 7.90. The Bertz CT molecular complexity index is 205. The van der Waals surface area contributed by atoms with Crippen molar-refractivity contribution in [1.29, 1.82) is 0 Å². The zero-order valence-electron chi connectivity index (χ0n) is 13.7. The van der Waals surface area contributed by atoms with E-state index in [1.165, 1.54) is 45.2 Å². The van der Waals surface area contributed by atoms with E-state index >= 15 is 0 Å². The van der Waals surface area contributed by atoms with E-state index in [0.717, 1.165) is 18.0 Å². The zero-order chi connectivity index (χ0) is 14.5. The second kappa shape index (κ2) is 12.5. The lowest BCUT2D eigenvalue weighted by atomic mass is 9.91. The van der Waals surface area contributed by atoms with Gasteiger partial charge in [-0.3, -0.25) is 0 Å². The average Bonchev–Trinajstić information content (AvgIpc) is 2.40. The Kier molecular flexibility index (Phi) is 12.2. The number of nitrogens with one attached hydrogen (secondary N) is 2. The van der Waals surface area contributed by atoms with Gasteiger partial charge >= 0.3 is 0 Å². The van der Waals surface area contributed by atoms with Gasteiger partial charge in [-0.05, 0) is 72.4 Å². The van der Waals surface area contributed by atoms with Gasteiger partial charge in [0.05, 0.1) is 0 Å². The van der Waals surface area contributed by atoms with Crippen LogP contribution < -0.4 is 10.6 Å². The highest BCUT2D eigenvalue weighted by Gasteiger charge is 2.18. The Morgan fingerprint density at radius 2 is 1.26 bits per heavy atom. The molecule has 2 heteroatoms. The van der Waals surface area contributed by atoms with Crippen LogP contribution in [0.1, 0.15) is 66.7 Å². The standard InChI is InChI=1S/C8H17N.C5H11N.C4H6/c1-6-4-7(2)9-8(3)5-6;1-2-4-6-5-3-1;1-3-4-2/h6-9H,4-5H2,1-3H3;6H,1-5H2;1-2H3. The smallest absolute Gasteiger partial charge is 0.00437 e. The molecule has 0 spiro atoms. The van der Waals surface area contributed by atoms with Crippen molar-refractivity contribution in [1.82, 2.24) is 10.6 Å². The highest BCUT2D eigenvalue weighted by Crippen LogP contribution is 2.18. The van der Waals surface area contributed by atoms with Crippen LogP contribution in [-0.2, 0) is 0 Å². The van der Waals surface area contributed by atoms with Crippen molar-refractivity contribution in [3.8, 4) is 11.8 Å². The van der Waals surface area contributed by atoms with Crippen LogP contribution in [-0.4, -0.2) is 25.2 Å². The van der Waals surface area contributed by atoms with Gasteiger partial charge in [0.25, 0.3) is 0 Å². The molecule has 0 bridgehead atoms. The quantitative estimate of drug-likeness (QED) is 0.655. The molecule has 2 atom stereocenters. The van der Waals surface area contributed by atoms with E-state index in [0.29, 0.717) is 0 Å². The number of hydrogen-bond donors (Lipinski definition) is 2. The Labute approximate surface area is 121 Å². The summed E-state index contributed by atoms with van der Waals surface area (Å²) in [6.45, 7) is 13.0. The fourth-order valence-electron chi connectivity index (χ4n) is 2.73. The highest BCUT2D eigenvalue weighted by molar-refractivity contribution is 4.89. The lowest BCUT2D eigenvalue weighted by Gasteiger charge is -2.30. The molecule has 0 aromatic heterocycles. The molecule has 0 aromatic rings. The van der Waals surface area contributed by atoms with E-state index in [-0.39, 0.29) is 0 Å². The van der Waals surface area contributed by atoms with Gasteiger partial charge in [-0.25, -0.2) is 0 Å². The molecule has 2 fully saturated rings. The summed E-state index contributed by atoms with van der Waals surface area (Å²) >= 11 is 0. The molecule has 0 aliphatic carbocycles. The molecule has 112 valence electrons. The Morgan fingerprint density at radius 1 is 0.789 bits per heavy atom. The predicted octanol–water partition coefficient (Wildman–Crippen LogP) is 3.57. The lowest BCUT2D eigenvalue weighted by Crippen LogP contribution is -2.41. The Hall–Kier alpha value is -0.520. The predicted molar refractivity (Wildman–Crippen MR) is 86.3 cm³/mol. The molecule has 2 saturated heterocycles. The van der Waals surface area contributed by atoms with E-state index in [9.17, 15) is 0 Å². The SMILES string of the molecule is C1CCNCC1.CC#CC.CC1CC(C)NC(C)C1. The minimum atomic E-state index is 0.740. The number of hydrogen-bond acceptors (Lipinski definition) is 2. The van der Waals surface area contributed by atoms with E-state index < -0.39 is 0 Å². The van der Waals surface area contributed by atoms with Crippen LogP contribution in [0.3, 0.4) is 0 Å². The molecule has 2 aliphatic rings. The van der Waals surface area contributed by atoms with Crippen molar-refractivity contribution in [3.05, 3.63) is 0 Å². The Balaban J connectivity index is 0.000000281. The van der Waals surface area contributed by atoms with Crippen LogP contribution in [0.5, 0.6) is 0 Å². The van der Waals surface area contributed by atoms with Gasteiger partial charge < -0.3 is 10.6 Å². The van der Waals surface area contributed by atoms with Gasteiger partial charge in [0.15, 0.2) is 0 Å². The van der Waals surface area contributed by atoms with E-state index in [1.807, 2.05) is 13.8 Å². The third-order valence-corrected chi connectivity index (χ3v) is 3.54. The average molecular weight is 266 g/mol. The Morgan fingerprint density at radius 3 is 1.47 bits per heavy atom. The summed E-state index contributed by atoms with van der Waals surface area (Å²) in [7, 11) is 0. The first kappa shape index (κ1) is 18.5. The van der Waals surface area contributed by atoms with Crippen molar-refractivity contribution in [2.45, 2.75) is 78.8 Å². The maximum absolute atomic E-state index is 3.51. The van der Waals surface area contributed by atoms with Crippen molar-refractivity contribution < 1.29 is 0 Å². The second-order valence-corrected chi connectivity index (χ2v) is 5.86. The van der Waals surface area contributed by atoms with Crippen molar-refractivity contribution in [2.24, 2.45) is 5.92 Å². The van der Waals surface area contributed by atoms with Gasteiger partial charge in [-0.1, -0.05) is 13.3 Å². The third kappa shape index (κ3) is 12.3. The van der Waals surface area contributed by atoms with Crippen LogP contribution in [0.15, 0.2) is 0 Å². The van der Waals surface area contributed by atoms with Crippen molar-refractivity contribution in [2.75, 3.05) is 13.1 Å². The maximum atomic E-state index is 3.51. The normalized spacial score (nSPS) is 29.6. The monoisotopic (exact) mass is 266 g/mol. The van der Waals surface area contributed by atoms with Crippen LogP contribution in [0, 0.1) is 17.8 Å². The van der Waals surface area contributed by atoms with Crippen LogP contribution in [0.25, 0.3) is 0 Å². The molecule has 19 heavy (non-hydrogen) atoms. The molecular formula is C17H34N2. The second-order valence-electron chi connectivity index (χ2n) is 5.86. The van der Waals surface area contributed by atoms with Gasteiger partial charge in [0, 0.05) is 12.1 Å². The van der Waals surface area contributed by atoms with Crippen LogP contribution >= 0.6 is 0 Å². The van der Waals surface area contributed by atoms with Crippen LogP contribution in [0.2, 0.25) is 0 Å². The van der Waals surface area contributed by atoms with Gasteiger partial charge in [0.2, 0.25) is 0 Å². The molecule has 2 nitrogen and oxygen atoms in total. The molecule has 0 radical (unpaired) electrons. The lowest BCUT2D eigenvalue weighted by molar-refractivity contribution is 0.279.